The number of carboxylic acids is 1. The SMILES string of the molecule is CO[C@@H]1CCN(C(=O)c2ccsc2)[C@@H]2CN(Cc3ccco3)C[C@@H]21.O=C(O)C(F)(F)F. The zero-order valence-electron chi connectivity index (χ0n) is 16.7. The number of fused-ring (bicyclic) bond motifs is 1. The van der Waals surface area contributed by atoms with Gasteiger partial charge in [0.1, 0.15) is 5.76 Å². The van der Waals surface area contributed by atoms with E-state index in [2.05, 4.69) is 9.80 Å². The first-order valence-electron chi connectivity index (χ1n) is 9.61. The Kier molecular flexibility index (Phi) is 7.39. The van der Waals surface area contributed by atoms with Gasteiger partial charge in [-0.1, -0.05) is 0 Å². The molecule has 3 atom stereocenters. The number of aliphatic carboxylic acids is 1. The fraction of sp³-hybridized carbons (Fsp3) is 0.500. The van der Waals surface area contributed by atoms with Crippen LogP contribution >= 0.6 is 11.3 Å². The number of nitrogens with zero attached hydrogens (tertiary/aromatic N) is 2. The predicted octanol–water partition coefficient (Wildman–Crippen LogP) is 3.34. The second kappa shape index (κ2) is 9.84. The van der Waals surface area contributed by atoms with Crippen molar-refractivity contribution in [3.8, 4) is 0 Å². The summed E-state index contributed by atoms with van der Waals surface area (Å²) < 4.78 is 42.9. The van der Waals surface area contributed by atoms with Gasteiger partial charge in [0.15, 0.2) is 0 Å². The van der Waals surface area contributed by atoms with Crippen LogP contribution in [0.15, 0.2) is 39.6 Å². The van der Waals surface area contributed by atoms with E-state index in [9.17, 15) is 18.0 Å². The Balaban J connectivity index is 0.000000339. The number of rotatable bonds is 4. The molecule has 2 aromatic heterocycles. The third kappa shape index (κ3) is 5.66. The molecule has 0 spiro atoms. The van der Waals surface area contributed by atoms with Crippen LogP contribution in [0.5, 0.6) is 0 Å². The molecule has 2 fully saturated rings. The average molecular weight is 460 g/mol. The van der Waals surface area contributed by atoms with Gasteiger partial charge in [0, 0.05) is 38.0 Å². The first-order chi connectivity index (χ1) is 14.7. The van der Waals surface area contributed by atoms with Gasteiger partial charge in [-0.05, 0) is 30.0 Å². The second-order valence-corrected chi connectivity index (χ2v) is 8.16. The summed E-state index contributed by atoms with van der Waals surface area (Å²) in [5, 5.41) is 11.0. The van der Waals surface area contributed by atoms with E-state index in [-0.39, 0.29) is 18.1 Å². The molecule has 1 N–H and O–H groups in total. The Morgan fingerprint density at radius 2 is 2.06 bits per heavy atom. The Bertz CT molecular complexity index is 857. The number of halogens is 3. The highest BCUT2D eigenvalue weighted by molar-refractivity contribution is 7.08. The van der Waals surface area contributed by atoms with Crippen LogP contribution in [-0.2, 0) is 16.1 Å². The van der Waals surface area contributed by atoms with Gasteiger partial charge in [-0.2, -0.15) is 24.5 Å². The van der Waals surface area contributed by atoms with Gasteiger partial charge in [-0.3, -0.25) is 9.69 Å². The molecule has 31 heavy (non-hydrogen) atoms. The molecule has 170 valence electrons. The number of alkyl halides is 3. The van der Waals surface area contributed by atoms with Crippen molar-refractivity contribution in [2.24, 2.45) is 5.92 Å². The van der Waals surface area contributed by atoms with Crippen molar-refractivity contribution in [2.75, 3.05) is 26.7 Å². The highest BCUT2D eigenvalue weighted by Gasteiger charge is 2.46. The van der Waals surface area contributed by atoms with E-state index in [0.29, 0.717) is 5.92 Å². The Labute approximate surface area is 181 Å². The number of likely N-dealkylation sites (tertiary alicyclic amines) is 2. The third-order valence-corrected chi connectivity index (χ3v) is 6.16. The predicted molar refractivity (Wildman–Crippen MR) is 106 cm³/mol. The van der Waals surface area contributed by atoms with Crippen LogP contribution in [0.4, 0.5) is 13.2 Å². The van der Waals surface area contributed by atoms with E-state index < -0.39 is 12.1 Å². The molecule has 0 bridgehead atoms. The van der Waals surface area contributed by atoms with Gasteiger partial charge in [0.2, 0.25) is 0 Å². The lowest BCUT2D eigenvalue weighted by molar-refractivity contribution is -0.192. The largest absolute Gasteiger partial charge is 0.490 e. The minimum atomic E-state index is -5.08. The molecule has 2 aromatic rings. The van der Waals surface area contributed by atoms with E-state index in [1.165, 1.54) is 0 Å². The Hall–Kier alpha value is -2.37. The minimum absolute atomic E-state index is 0.153. The average Bonchev–Trinajstić information content (AvgIpc) is 3.48. The summed E-state index contributed by atoms with van der Waals surface area (Å²) in [6.45, 7) is 3.37. The normalized spacial score (nSPS) is 23.7. The lowest BCUT2D eigenvalue weighted by atomic mass is 9.88. The summed E-state index contributed by atoms with van der Waals surface area (Å²) in [6, 6.07) is 6.05. The van der Waals surface area contributed by atoms with Gasteiger partial charge in [0.05, 0.1) is 30.5 Å². The number of methoxy groups -OCH3 is 1. The molecular weight excluding hydrogens is 437 g/mol. The molecule has 1 amide bonds. The summed E-state index contributed by atoms with van der Waals surface area (Å²) in [6.07, 6.45) is -2.24. The maximum absolute atomic E-state index is 12.9. The first-order valence-corrected chi connectivity index (χ1v) is 10.6. The molecule has 0 aliphatic carbocycles. The molecule has 0 saturated carbocycles. The number of carbonyl (C=O) groups excluding carboxylic acids is 1. The molecule has 2 aliphatic heterocycles. The lowest BCUT2D eigenvalue weighted by Gasteiger charge is -2.41. The van der Waals surface area contributed by atoms with E-state index in [1.54, 1.807) is 24.7 Å². The summed E-state index contributed by atoms with van der Waals surface area (Å²) in [5.74, 6) is -1.27. The minimum Gasteiger partial charge on any atom is -0.475 e. The molecular formula is C20H23F3N2O5S. The number of amides is 1. The van der Waals surface area contributed by atoms with Gasteiger partial charge in [0.25, 0.3) is 5.91 Å². The molecule has 0 unspecified atom stereocenters. The van der Waals surface area contributed by atoms with E-state index in [4.69, 9.17) is 19.1 Å². The molecule has 11 heteroatoms. The van der Waals surface area contributed by atoms with Crippen LogP contribution in [0.3, 0.4) is 0 Å². The number of carboxylic acid groups (broad SMARTS) is 1. The number of carbonyl (C=O) groups is 2. The van der Waals surface area contributed by atoms with Gasteiger partial charge >= 0.3 is 12.1 Å². The van der Waals surface area contributed by atoms with Gasteiger partial charge in [-0.15, -0.1) is 0 Å². The summed E-state index contributed by atoms with van der Waals surface area (Å²) >= 11 is 1.57. The van der Waals surface area contributed by atoms with Crippen molar-refractivity contribution in [3.05, 3.63) is 46.5 Å². The highest BCUT2D eigenvalue weighted by atomic mass is 32.1. The molecule has 0 aromatic carbocycles. The van der Waals surface area contributed by atoms with Gasteiger partial charge in [-0.25, -0.2) is 4.79 Å². The van der Waals surface area contributed by atoms with Crippen LogP contribution in [0.25, 0.3) is 0 Å². The number of furan rings is 1. The Morgan fingerprint density at radius 1 is 1.32 bits per heavy atom. The first kappa shape index (κ1) is 23.3. The van der Waals surface area contributed by atoms with Crippen molar-refractivity contribution in [3.63, 3.8) is 0 Å². The second-order valence-electron chi connectivity index (χ2n) is 7.38. The van der Waals surface area contributed by atoms with Crippen molar-refractivity contribution in [1.29, 1.82) is 0 Å². The van der Waals surface area contributed by atoms with Crippen LogP contribution in [0.2, 0.25) is 0 Å². The Morgan fingerprint density at radius 3 is 2.61 bits per heavy atom. The van der Waals surface area contributed by atoms with Crippen molar-refractivity contribution in [1.82, 2.24) is 9.80 Å². The maximum atomic E-state index is 12.9. The zero-order chi connectivity index (χ0) is 22.6. The zero-order valence-corrected chi connectivity index (χ0v) is 17.6. The number of thiophene rings is 1. The van der Waals surface area contributed by atoms with Crippen LogP contribution in [0.1, 0.15) is 22.5 Å². The molecule has 2 aliphatic rings. The standard InChI is InChI=1S/C18H22N2O3S.C2HF3O2/c1-22-17-4-6-20(18(21)13-5-8-24-12-13)16-11-19(10-15(16)17)9-14-3-2-7-23-14;3-2(4,5)1(6)7/h2-3,5,7-8,12,15-17H,4,6,9-11H2,1H3;(H,6,7)/t15-,16+,17+;/m0./s1. The number of ether oxygens (including phenoxy) is 1. The number of hydrogen-bond acceptors (Lipinski definition) is 6. The lowest BCUT2D eigenvalue weighted by Crippen LogP contribution is -2.53. The molecule has 7 nitrogen and oxygen atoms in total. The summed E-state index contributed by atoms with van der Waals surface area (Å²) in [7, 11) is 1.78. The van der Waals surface area contributed by atoms with Crippen molar-refractivity contribution < 1.29 is 37.0 Å². The summed E-state index contributed by atoms with van der Waals surface area (Å²) in [5.41, 5.74) is 0.805. The number of hydrogen-bond donors (Lipinski definition) is 1. The molecule has 4 heterocycles. The highest BCUT2D eigenvalue weighted by Crippen LogP contribution is 2.34. The molecule has 4 rings (SSSR count). The smallest absolute Gasteiger partial charge is 0.475 e. The maximum Gasteiger partial charge on any atom is 0.490 e. The van der Waals surface area contributed by atoms with Crippen LogP contribution < -0.4 is 0 Å². The number of piperidine rings is 1. The van der Waals surface area contributed by atoms with Crippen molar-refractivity contribution >= 4 is 23.2 Å². The van der Waals surface area contributed by atoms with E-state index >= 15 is 0 Å². The fourth-order valence-electron chi connectivity index (χ4n) is 4.08. The van der Waals surface area contributed by atoms with Crippen LogP contribution in [-0.4, -0.2) is 71.8 Å². The molecule has 0 radical (unpaired) electrons. The summed E-state index contributed by atoms with van der Waals surface area (Å²) in [4.78, 5) is 26.2. The fourth-order valence-corrected chi connectivity index (χ4v) is 4.71. The topological polar surface area (TPSA) is 83.2 Å². The van der Waals surface area contributed by atoms with Crippen molar-refractivity contribution in [2.45, 2.75) is 31.3 Å². The van der Waals surface area contributed by atoms with Gasteiger partial charge < -0.3 is 19.2 Å². The molecule has 2 saturated heterocycles. The monoisotopic (exact) mass is 460 g/mol. The van der Waals surface area contributed by atoms with Crippen LogP contribution in [0, 0.1) is 5.92 Å². The third-order valence-electron chi connectivity index (χ3n) is 5.47. The van der Waals surface area contributed by atoms with E-state index in [0.717, 1.165) is 43.9 Å². The quantitative estimate of drug-likeness (QED) is 0.754. The van der Waals surface area contributed by atoms with E-state index in [1.807, 2.05) is 29.0 Å².